The second kappa shape index (κ2) is 10.4. The summed E-state index contributed by atoms with van der Waals surface area (Å²) < 4.78 is 5.64. The molecule has 2 N–H and O–H groups in total. The maximum Gasteiger partial charge on any atom is 0.307 e. The Morgan fingerprint density at radius 3 is 2.53 bits per heavy atom. The largest absolute Gasteiger partial charge is 0.494 e. The van der Waals surface area contributed by atoms with E-state index in [9.17, 15) is 9.90 Å². The lowest BCUT2D eigenvalue weighted by Gasteiger charge is -2.06. The van der Waals surface area contributed by atoms with E-state index in [-0.39, 0.29) is 10.8 Å². The highest BCUT2D eigenvalue weighted by atomic mass is 32.1. The van der Waals surface area contributed by atoms with Crippen molar-refractivity contribution in [3.05, 3.63) is 98.6 Å². The van der Waals surface area contributed by atoms with Crippen LogP contribution in [0.2, 0.25) is 0 Å². The Labute approximate surface area is 188 Å². The molecule has 0 amide bonds. The van der Waals surface area contributed by atoms with Crippen molar-refractivity contribution in [3.8, 4) is 22.9 Å². The normalized spacial score (nSPS) is 11.0. The molecule has 0 atom stereocenters. The van der Waals surface area contributed by atoms with E-state index < -0.39 is 0 Å². The summed E-state index contributed by atoms with van der Waals surface area (Å²) in [7, 11) is 0. The lowest BCUT2D eigenvalue weighted by atomic mass is 10.1. The van der Waals surface area contributed by atoms with Crippen molar-refractivity contribution < 1.29 is 14.7 Å². The fourth-order valence-corrected chi connectivity index (χ4v) is 3.73. The zero-order chi connectivity index (χ0) is 22.2. The molecule has 4 rings (SSSR count). The summed E-state index contributed by atoms with van der Waals surface area (Å²) in [6.45, 7) is 0.654. The molecule has 4 aromatic rings. The van der Waals surface area contributed by atoms with E-state index in [4.69, 9.17) is 9.57 Å². The number of oxime groups is 1. The second-order valence-electron chi connectivity index (χ2n) is 6.87. The number of aromatic nitrogens is 2. The Bertz CT molecular complexity index is 1220. The van der Waals surface area contributed by atoms with Crippen LogP contribution >= 0.6 is 11.3 Å². The van der Waals surface area contributed by atoms with Crippen LogP contribution in [-0.4, -0.2) is 34.5 Å². The first kappa shape index (κ1) is 21.3. The molecule has 2 aromatic carbocycles. The maximum atomic E-state index is 11.3. The molecule has 0 aliphatic rings. The molecule has 0 saturated carbocycles. The van der Waals surface area contributed by atoms with Crippen LogP contribution in [0.5, 0.6) is 11.6 Å². The van der Waals surface area contributed by atoms with Crippen LogP contribution in [0.15, 0.2) is 82.9 Å². The molecule has 8 heteroatoms. The number of aromatic amines is 1. The summed E-state index contributed by atoms with van der Waals surface area (Å²) in [5, 5.41) is 13.6. The highest BCUT2D eigenvalue weighted by Gasteiger charge is 2.07. The second-order valence-corrected chi connectivity index (χ2v) is 7.93. The SMILES string of the molecule is O=c1[nH]c(O)c(Cc2ccc(OCCON=Cc3ccc(-c4ccccc4)nc3)cc2)s1. The average molecular weight is 448 g/mol. The molecule has 7 nitrogen and oxygen atoms in total. The van der Waals surface area contributed by atoms with Crippen molar-refractivity contribution >= 4 is 17.6 Å². The van der Waals surface area contributed by atoms with Crippen molar-refractivity contribution in [2.75, 3.05) is 13.2 Å². The quantitative estimate of drug-likeness (QED) is 0.227. The number of nitrogens with one attached hydrogen (secondary N) is 1. The fraction of sp³-hybridized carbons (Fsp3) is 0.125. The molecule has 2 aromatic heterocycles. The summed E-state index contributed by atoms with van der Waals surface area (Å²) in [6, 6.07) is 21.3. The number of thiazole rings is 1. The minimum atomic E-state index is -0.263. The molecule has 0 bridgehead atoms. The molecular weight excluding hydrogens is 426 g/mol. The number of ether oxygens (including phenoxy) is 1. The standard InChI is InChI=1S/C24H21N3O4S/c28-23-22(32-24(29)27-23)14-17-6-9-20(10-7-17)30-12-13-31-26-16-18-8-11-21(25-15-18)19-4-2-1-3-5-19/h1-11,15-16,28H,12-14H2,(H,27,29). The minimum Gasteiger partial charge on any atom is -0.494 e. The van der Waals surface area contributed by atoms with E-state index in [0.717, 1.165) is 33.7 Å². The van der Waals surface area contributed by atoms with E-state index in [1.807, 2.05) is 66.7 Å². The summed E-state index contributed by atoms with van der Waals surface area (Å²) in [5.41, 5.74) is 3.79. The number of benzene rings is 2. The Morgan fingerprint density at radius 1 is 1.03 bits per heavy atom. The van der Waals surface area contributed by atoms with Gasteiger partial charge in [0.1, 0.15) is 12.4 Å². The minimum absolute atomic E-state index is 0.0686. The van der Waals surface area contributed by atoms with Gasteiger partial charge in [0, 0.05) is 23.7 Å². The van der Waals surface area contributed by atoms with Gasteiger partial charge in [-0.1, -0.05) is 59.0 Å². The van der Waals surface area contributed by atoms with Gasteiger partial charge in [0.25, 0.3) is 0 Å². The van der Waals surface area contributed by atoms with Crippen molar-refractivity contribution in [2.24, 2.45) is 5.16 Å². The van der Waals surface area contributed by atoms with Gasteiger partial charge in [-0.15, -0.1) is 0 Å². The van der Waals surface area contributed by atoms with Gasteiger partial charge in [0.15, 0.2) is 6.61 Å². The summed E-state index contributed by atoms with van der Waals surface area (Å²) in [6.07, 6.45) is 3.84. The number of aromatic hydroxyl groups is 1. The third kappa shape index (κ3) is 5.83. The lowest BCUT2D eigenvalue weighted by molar-refractivity contribution is 0.108. The van der Waals surface area contributed by atoms with Crippen LogP contribution in [-0.2, 0) is 11.3 Å². The van der Waals surface area contributed by atoms with E-state index in [2.05, 4.69) is 15.1 Å². The number of hydrogen-bond donors (Lipinski definition) is 2. The van der Waals surface area contributed by atoms with Crippen LogP contribution in [0.3, 0.4) is 0 Å². The number of pyridine rings is 1. The Kier molecular flexibility index (Phi) is 6.94. The van der Waals surface area contributed by atoms with Crippen molar-refractivity contribution in [1.29, 1.82) is 0 Å². The van der Waals surface area contributed by atoms with Crippen molar-refractivity contribution in [3.63, 3.8) is 0 Å². The molecule has 0 radical (unpaired) electrons. The van der Waals surface area contributed by atoms with Crippen LogP contribution in [0.4, 0.5) is 0 Å². The number of H-pyrrole nitrogens is 1. The van der Waals surface area contributed by atoms with Gasteiger partial charge in [-0.25, -0.2) is 0 Å². The third-order valence-corrected chi connectivity index (χ3v) is 5.44. The molecular formula is C24H21N3O4S. The first-order chi connectivity index (χ1) is 15.7. The molecule has 0 saturated heterocycles. The topological polar surface area (TPSA) is 96.8 Å². The molecule has 2 heterocycles. The van der Waals surface area contributed by atoms with Gasteiger partial charge < -0.3 is 14.7 Å². The number of nitrogens with zero attached hydrogens (tertiary/aromatic N) is 2. The van der Waals surface area contributed by atoms with E-state index in [1.165, 1.54) is 0 Å². The highest BCUT2D eigenvalue weighted by molar-refractivity contribution is 7.09. The average Bonchev–Trinajstić information content (AvgIpc) is 3.14. The summed E-state index contributed by atoms with van der Waals surface area (Å²) in [5.74, 6) is 0.634. The van der Waals surface area contributed by atoms with Gasteiger partial charge in [-0.2, -0.15) is 0 Å². The van der Waals surface area contributed by atoms with E-state index in [0.29, 0.717) is 30.3 Å². The first-order valence-corrected chi connectivity index (χ1v) is 10.8. The molecule has 0 fully saturated rings. The highest BCUT2D eigenvalue weighted by Crippen LogP contribution is 2.21. The molecule has 0 spiro atoms. The molecule has 0 unspecified atom stereocenters. The van der Waals surface area contributed by atoms with Crippen LogP contribution in [0, 0.1) is 0 Å². The molecule has 0 aliphatic carbocycles. The zero-order valence-corrected chi connectivity index (χ0v) is 17.9. The van der Waals surface area contributed by atoms with Gasteiger partial charge in [0.2, 0.25) is 5.88 Å². The van der Waals surface area contributed by atoms with Crippen molar-refractivity contribution in [1.82, 2.24) is 9.97 Å². The van der Waals surface area contributed by atoms with E-state index >= 15 is 0 Å². The number of hydrogen-bond acceptors (Lipinski definition) is 7. The molecule has 162 valence electrons. The van der Waals surface area contributed by atoms with Gasteiger partial charge in [-0.05, 0) is 29.8 Å². The first-order valence-electron chi connectivity index (χ1n) is 9.97. The van der Waals surface area contributed by atoms with Gasteiger partial charge in [-0.3, -0.25) is 14.8 Å². The maximum absolute atomic E-state index is 11.3. The predicted molar refractivity (Wildman–Crippen MR) is 125 cm³/mol. The predicted octanol–water partition coefficient (Wildman–Crippen LogP) is 4.22. The molecule has 32 heavy (non-hydrogen) atoms. The van der Waals surface area contributed by atoms with Crippen LogP contribution in [0.1, 0.15) is 16.0 Å². The fourth-order valence-electron chi connectivity index (χ4n) is 2.97. The smallest absolute Gasteiger partial charge is 0.307 e. The molecule has 0 aliphatic heterocycles. The Hall–Kier alpha value is -3.91. The summed E-state index contributed by atoms with van der Waals surface area (Å²) in [4.78, 5) is 23.7. The van der Waals surface area contributed by atoms with E-state index in [1.54, 1.807) is 12.4 Å². The van der Waals surface area contributed by atoms with Crippen LogP contribution in [0.25, 0.3) is 11.3 Å². The van der Waals surface area contributed by atoms with Gasteiger partial charge >= 0.3 is 4.87 Å². The Balaban J connectivity index is 1.19. The zero-order valence-electron chi connectivity index (χ0n) is 17.1. The Morgan fingerprint density at radius 2 is 1.84 bits per heavy atom. The lowest BCUT2D eigenvalue weighted by Crippen LogP contribution is -2.04. The summed E-state index contributed by atoms with van der Waals surface area (Å²) >= 11 is 1.01. The van der Waals surface area contributed by atoms with Gasteiger partial charge in [0.05, 0.1) is 16.8 Å². The monoisotopic (exact) mass is 447 g/mol. The third-order valence-electron chi connectivity index (χ3n) is 4.56. The number of rotatable bonds is 9. The van der Waals surface area contributed by atoms with Crippen molar-refractivity contribution in [2.45, 2.75) is 6.42 Å². The van der Waals surface area contributed by atoms with Crippen LogP contribution < -0.4 is 9.61 Å².